The first-order chi connectivity index (χ1) is 8.72. The lowest BCUT2D eigenvalue weighted by molar-refractivity contribution is 0.101. The smallest absolute Gasteiger partial charge is 0.255 e. The van der Waals surface area contributed by atoms with Crippen molar-refractivity contribution in [1.82, 2.24) is 4.57 Å². The van der Waals surface area contributed by atoms with Crippen LogP contribution in [0, 0.1) is 6.92 Å². The van der Waals surface area contributed by atoms with Crippen molar-refractivity contribution in [1.29, 1.82) is 0 Å². The number of hydrogen-bond acceptors (Lipinski definition) is 3. The molecule has 1 aromatic heterocycles. The molecule has 1 unspecified atom stereocenters. The highest BCUT2D eigenvalue weighted by Gasteiger charge is 2.15. The maximum absolute atomic E-state index is 12.1. The summed E-state index contributed by atoms with van der Waals surface area (Å²) in [6.07, 6.45) is 4.76. The maximum atomic E-state index is 12.1. The highest BCUT2D eigenvalue weighted by molar-refractivity contribution is 5.15. The first kappa shape index (κ1) is 13.3. The second-order valence-electron chi connectivity index (χ2n) is 4.94. The highest BCUT2D eigenvalue weighted by Crippen LogP contribution is 2.17. The zero-order chi connectivity index (χ0) is 13.0. The lowest BCUT2D eigenvalue weighted by atomic mass is 10.1. The molecule has 1 saturated heterocycles. The summed E-state index contributed by atoms with van der Waals surface area (Å²) in [6, 6.07) is 3.80. The van der Waals surface area contributed by atoms with Crippen molar-refractivity contribution in [2.45, 2.75) is 51.8 Å². The van der Waals surface area contributed by atoms with Crippen LogP contribution in [0.25, 0.3) is 0 Å². The van der Waals surface area contributed by atoms with Gasteiger partial charge in [0.1, 0.15) is 0 Å². The fourth-order valence-electron chi connectivity index (χ4n) is 2.50. The molecule has 0 radical (unpaired) electrons. The highest BCUT2D eigenvalue weighted by atomic mass is 16.5. The van der Waals surface area contributed by atoms with Crippen molar-refractivity contribution in [3.63, 3.8) is 0 Å². The molecule has 0 aliphatic carbocycles. The summed E-state index contributed by atoms with van der Waals surface area (Å²) in [5.41, 5.74) is 7.32. The van der Waals surface area contributed by atoms with Gasteiger partial charge in [-0.1, -0.05) is 6.07 Å². The molecule has 1 aliphatic heterocycles. The van der Waals surface area contributed by atoms with E-state index >= 15 is 0 Å². The molecule has 4 heteroatoms. The number of nitrogens with zero attached hydrogens (tertiary/aromatic N) is 1. The van der Waals surface area contributed by atoms with Crippen LogP contribution in [-0.2, 0) is 17.8 Å². The summed E-state index contributed by atoms with van der Waals surface area (Å²) in [5, 5.41) is 0. The minimum Gasteiger partial charge on any atom is -0.378 e. The number of nitrogens with two attached hydrogens (primary N) is 1. The number of hydrogen-bond donors (Lipinski definition) is 1. The van der Waals surface area contributed by atoms with Crippen molar-refractivity contribution in [3.8, 4) is 0 Å². The van der Waals surface area contributed by atoms with Crippen LogP contribution in [0.2, 0.25) is 0 Å². The van der Waals surface area contributed by atoms with Gasteiger partial charge in [-0.2, -0.15) is 0 Å². The SMILES string of the molecule is Cc1ccc(CN)c(=O)n1CCCC1CCCO1. The maximum Gasteiger partial charge on any atom is 0.255 e. The topological polar surface area (TPSA) is 57.2 Å². The van der Waals surface area contributed by atoms with Crippen molar-refractivity contribution >= 4 is 0 Å². The molecule has 2 heterocycles. The van der Waals surface area contributed by atoms with Crippen molar-refractivity contribution in [3.05, 3.63) is 33.7 Å². The Labute approximate surface area is 108 Å². The molecule has 0 saturated carbocycles. The minimum absolute atomic E-state index is 0.0600. The molecule has 100 valence electrons. The molecule has 4 nitrogen and oxygen atoms in total. The summed E-state index contributed by atoms with van der Waals surface area (Å²) in [4.78, 5) is 12.1. The molecule has 0 spiro atoms. The third kappa shape index (κ3) is 3.00. The summed E-state index contributed by atoms with van der Waals surface area (Å²) in [7, 11) is 0. The van der Waals surface area contributed by atoms with Crippen LogP contribution in [0.4, 0.5) is 0 Å². The van der Waals surface area contributed by atoms with Gasteiger partial charge in [0, 0.05) is 31.0 Å². The van der Waals surface area contributed by atoms with E-state index in [2.05, 4.69) is 0 Å². The van der Waals surface area contributed by atoms with Gasteiger partial charge in [-0.25, -0.2) is 0 Å². The molecule has 2 N–H and O–H groups in total. The first-order valence-electron chi connectivity index (χ1n) is 6.73. The number of aromatic nitrogens is 1. The Morgan fingerprint density at radius 1 is 1.50 bits per heavy atom. The Morgan fingerprint density at radius 2 is 2.33 bits per heavy atom. The van der Waals surface area contributed by atoms with Crippen LogP contribution >= 0.6 is 0 Å². The molecule has 1 fully saturated rings. The van der Waals surface area contributed by atoms with E-state index in [1.807, 2.05) is 23.6 Å². The van der Waals surface area contributed by atoms with Crippen LogP contribution in [0.3, 0.4) is 0 Å². The van der Waals surface area contributed by atoms with E-state index in [0.29, 0.717) is 18.2 Å². The van der Waals surface area contributed by atoms with E-state index in [1.54, 1.807) is 0 Å². The third-order valence-corrected chi connectivity index (χ3v) is 3.62. The predicted octanol–water partition coefficient (Wildman–Crippen LogP) is 1.57. The van der Waals surface area contributed by atoms with Crippen LogP contribution in [0.15, 0.2) is 16.9 Å². The molecule has 0 amide bonds. The van der Waals surface area contributed by atoms with E-state index in [4.69, 9.17) is 10.5 Å². The van der Waals surface area contributed by atoms with Crippen molar-refractivity contribution < 1.29 is 4.74 Å². The van der Waals surface area contributed by atoms with Gasteiger partial charge >= 0.3 is 0 Å². The number of rotatable bonds is 5. The Morgan fingerprint density at radius 3 is 3.00 bits per heavy atom. The van der Waals surface area contributed by atoms with Gasteiger partial charge in [-0.3, -0.25) is 4.79 Å². The fourth-order valence-corrected chi connectivity index (χ4v) is 2.50. The van der Waals surface area contributed by atoms with Gasteiger partial charge in [0.15, 0.2) is 0 Å². The molecular weight excluding hydrogens is 228 g/mol. The van der Waals surface area contributed by atoms with E-state index in [9.17, 15) is 4.79 Å². The second-order valence-corrected chi connectivity index (χ2v) is 4.94. The Balaban J connectivity index is 1.97. The lowest BCUT2D eigenvalue weighted by Gasteiger charge is -2.13. The van der Waals surface area contributed by atoms with Gasteiger partial charge < -0.3 is 15.0 Å². The van der Waals surface area contributed by atoms with Crippen LogP contribution in [-0.4, -0.2) is 17.3 Å². The predicted molar refractivity (Wildman–Crippen MR) is 71.5 cm³/mol. The zero-order valence-electron chi connectivity index (χ0n) is 11.0. The molecule has 1 atom stereocenters. The Kier molecular flexibility index (Phi) is 4.55. The summed E-state index contributed by atoms with van der Waals surface area (Å²) in [5.74, 6) is 0. The lowest BCUT2D eigenvalue weighted by Crippen LogP contribution is -2.27. The molecule has 0 aromatic carbocycles. The van der Waals surface area contributed by atoms with Crippen LogP contribution in [0.5, 0.6) is 0 Å². The van der Waals surface area contributed by atoms with E-state index in [0.717, 1.165) is 38.1 Å². The molecule has 18 heavy (non-hydrogen) atoms. The van der Waals surface area contributed by atoms with Gasteiger partial charge in [0.25, 0.3) is 5.56 Å². The third-order valence-electron chi connectivity index (χ3n) is 3.62. The average Bonchev–Trinajstić information content (AvgIpc) is 2.86. The van der Waals surface area contributed by atoms with Crippen molar-refractivity contribution in [2.24, 2.45) is 5.73 Å². The van der Waals surface area contributed by atoms with Gasteiger partial charge in [-0.05, 0) is 38.7 Å². The minimum atomic E-state index is 0.0600. The van der Waals surface area contributed by atoms with Crippen LogP contribution in [0.1, 0.15) is 36.9 Å². The standard InChI is InChI=1S/C14H22N2O2/c1-11-6-7-12(10-15)14(17)16(11)8-2-4-13-5-3-9-18-13/h6-7,13H,2-5,8-10,15H2,1H3. The molecule has 1 aromatic rings. The normalized spacial score (nSPS) is 19.3. The number of ether oxygens (including phenoxy) is 1. The summed E-state index contributed by atoms with van der Waals surface area (Å²) < 4.78 is 7.42. The summed E-state index contributed by atoms with van der Waals surface area (Å²) in [6.45, 7) is 3.93. The zero-order valence-corrected chi connectivity index (χ0v) is 11.0. The van der Waals surface area contributed by atoms with Gasteiger partial charge in [0.05, 0.1) is 6.10 Å². The quantitative estimate of drug-likeness (QED) is 0.863. The van der Waals surface area contributed by atoms with E-state index in [1.165, 1.54) is 6.42 Å². The summed E-state index contributed by atoms with van der Waals surface area (Å²) >= 11 is 0. The molecular formula is C14H22N2O2. The second kappa shape index (κ2) is 6.16. The monoisotopic (exact) mass is 250 g/mol. The Bertz CT molecular complexity index is 448. The number of aryl methyl sites for hydroxylation is 1. The molecule has 0 bridgehead atoms. The van der Waals surface area contributed by atoms with Crippen LogP contribution < -0.4 is 11.3 Å². The van der Waals surface area contributed by atoms with Crippen molar-refractivity contribution in [2.75, 3.05) is 6.61 Å². The fraction of sp³-hybridized carbons (Fsp3) is 0.643. The first-order valence-corrected chi connectivity index (χ1v) is 6.73. The average molecular weight is 250 g/mol. The Hall–Kier alpha value is -1.13. The number of pyridine rings is 1. The van der Waals surface area contributed by atoms with E-state index in [-0.39, 0.29) is 5.56 Å². The van der Waals surface area contributed by atoms with Gasteiger partial charge in [-0.15, -0.1) is 0 Å². The molecule has 1 aliphatic rings. The van der Waals surface area contributed by atoms with E-state index < -0.39 is 0 Å². The molecule has 2 rings (SSSR count). The van der Waals surface area contributed by atoms with Gasteiger partial charge in [0.2, 0.25) is 0 Å². The largest absolute Gasteiger partial charge is 0.378 e.